The summed E-state index contributed by atoms with van der Waals surface area (Å²) >= 11 is 0. The van der Waals surface area contributed by atoms with Gasteiger partial charge in [-0.2, -0.15) is 0 Å². The van der Waals surface area contributed by atoms with Gasteiger partial charge in [0.05, 0.1) is 25.4 Å². The number of ether oxygens (including phenoxy) is 6. The van der Waals surface area contributed by atoms with Crippen molar-refractivity contribution >= 4 is 11.9 Å². The highest BCUT2D eigenvalue weighted by Gasteiger charge is 2.51. The maximum atomic E-state index is 12.7. The molecule has 6 atom stereocenters. The Kier molecular flexibility index (Phi) is 10.1. The van der Waals surface area contributed by atoms with Crippen molar-refractivity contribution in [3.63, 3.8) is 0 Å². The van der Waals surface area contributed by atoms with Gasteiger partial charge in [-0.3, -0.25) is 4.79 Å². The van der Waals surface area contributed by atoms with Gasteiger partial charge in [-0.15, -0.1) is 0 Å². The highest BCUT2D eigenvalue weighted by Crippen LogP contribution is 2.36. The van der Waals surface area contributed by atoms with Crippen molar-refractivity contribution in [3.8, 4) is 0 Å². The highest BCUT2D eigenvalue weighted by molar-refractivity contribution is 5.87. The molecule has 0 aliphatic carbocycles. The lowest BCUT2D eigenvalue weighted by molar-refractivity contribution is -0.349. The number of fused-ring (bicyclic) bond motifs is 1. The van der Waals surface area contributed by atoms with Crippen molar-refractivity contribution in [1.82, 2.24) is 5.32 Å². The number of hydrogen-bond acceptors (Lipinski definition) is 8. The van der Waals surface area contributed by atoms with Crippen LogP contribution in [-0.2, 0) is 51.2 Å². The van der Waals surface area contributed by atoms with E-state index in [0.29, 0.717) is 0 Å². The Balaban J connectivity index is 1.33. The van der Waals surface area contributed by atoms with Gasteiger partial charge < -0.3 is 33.7 Å². The van der Waals surface area contributed by atoms with Gasteiger partial charge in [-0.1, -0.05) is 97.6 Å². The number of nitrogens with one attached hydrogen (secondary N) is 1. The lowest BCUT2D eigenvalue weighted by Crippen LogP contribution is -2.67. The van der Waals surface area contributed by atoms with Gasteiger partial charge in [0.1, 0.15) is 31.0 Å². The molecule has 0 bridgehead atoms. The fraction of sp³-hybridized carbons (Fsp3) is 0.333. The average molecular weight is 574 g/mol. The van der Waals surface area contributed by atoms with Crippen LogP contribution in [0.2, 0.25) is 0 Å². The standard InChI is InChI=1S/C33H35NO8/c1-22(31(36)38-19-24-12-6-3-7-13-24)18-37-30-28(34-23(2)35)33(39-20-25-14-8-4-9-15-25)41-27-21-40-32(42-29(27)30)26-16-10-5-11-17-26/h3-17,27-30,32-33H,1,18-21H2,2H3,(H,34,35)/t27-,28-,29+,30-,32-,33+/m0/s1. The molecule has 2 aliphatic heterocycles. The largest absolute Gasteiger partial charge is 0.457 e. The van der Waals surface area contributed by atoms with Crippen LogP contribution >= 0.6 is 0 Å². The third-order valence-electron chi connectivity index (χ3n) is 6.99. The number of esters is 1. The lowest BCUT2D eigenvalue weighted by atomic mass is 9.95. The topological polar surface area (TPSA) is 102 Å². The molecular formula is C33H35NO8. The van der Waals surface area contributed by atoms with Crippen molar-refractivity contribution in [1.29, 1.82) is 0 Å². The number of hydrogen-bond donors (Lipinski definition) is 1. The van der Waals surface area contributed by atoms with E-state index in [1.165, 1.54) is 6.92 Å². The van der Waals surface area contributed by atoms with E-state index >= 15 is 0 Å². The van der Waals surface area contributed by atoms with E-state index in [4.69, 9.17) is 28.4 Å². The van der Waals surface area contributed by atoms with Crippen LogP contribution in [-0.4, -0.2) is 55.7 Å². The van der Waals surface area contributed by atoms with Gasteiger partial charge in [-0.25, -0.2) is 4.79 Å². The number of carbonyl (C=O) groups is 2. The van der Waals surface area contributed by atoms with Crippen LogP contribution in [0.4, 0.5) is 0 Å². The Morgan fingerprint density at radius 3 is 2.12 bits per heavy atom. The van der Waals surface area contributed by atoms with E-state index in [2.05, 4.69) is 11.9 Å². The number of benzene rings is 3. The molecule has 3 aromatic carbocycles. The van der Waals surface area contributed by atoms with Crippen molar-refractivity contribution in [3.05, 3.63) is 120 Å². The smallest absolute Gasteiger partial charge is 0.336 e. The molecule has 2 heterocycles. The Morgan fingerprint density at radius 1 is 0.857 bits per heavy atom. The average Bonchev–Trinajstić information content (AvgIpc) is 3.03. The lowest BCUT2D eigenvalue weighted by Gasteiger charge is -2.49. The second-order valence-electron chi connectivity index (χ2n) is 10.2. The van der Waals surface area contributed by atoms with Crippen LogP contribution in [0.3, 0.4) is 0 Å². The Hall–Kier alpha value is -3.86. The summed E-state index contributed by atoms with van der Waals surface area (Å²) in [6, 6.07) is 27.8. The first-order chi connectivity index (χ1) is 20.5. The minimum absolute atomic E-state index is 0.115. The Morgan fingerprint density at radius 2 is 1.48 bits per heavy atom. The fourth-order valence-corrected chi connectivity index (χ4v) is 4.91. The summed E-state index contributed by atoms with van der Waals surface area (Å²) in [6.07, 6.45) is -3.51. The molecule has 5 rings (SSSR count). The van der Waals surface area contributed by atoms with E-state index in [1.807, 2.05) is 91.0 Å². The molecule has 1 amide bonds. The van der Waals surface area contributed by atoms with Crippen molar-refractivity contribution < 1.29 is 38.0 Å². The molecule has 2 aliphatic rings. The SMILES string of the molecule is C=C(CO[C@H]1[C@H](NC(C)=O)[C@H](OCc2ccccc2)O[C@H]2CO[C@H](c3ccccc3)O[C@@H]12)C(=O)OCc1ccccc1. The summed E-state index contributed by atoms with van der Waals surface area (Å²) in [5.74, 6) is -0.873. The normalized spacial score (nSPS) is 25.2. The second kappa shape index (κ2) is 14.4. The molecule has 9 nitrogen and oxygen atoms in total. The van der Waals surface area contributed by atoms with Gasteiger partial charge >= 0.3 is 5.97 Å². The summed E-state index contributed by atoms with van der Waals surface area (Å²) < 4.78 is 36.6. The molecule has 9 heteroatoms. The monoisotopic (exact) mass is 573 g/mol. The van der Waals surface area contributed by atoms with Crippen LogP contribution in [0, 0.1) is 0 Å². The van der Waals surface area contributed by atoms with Crippen molar-refractivity contribution in [2.24, 2.45) is 0 Å². The predicted octanol–water partition coefficient (Wildman–Crippen LogP) is 4.23. The molecular weight excluding hydrogens is 538 g/mol. The molecule has 0 unspecified atom stereocenters. The third-order valence-corrected chi connectivity index (χ3v) is 6.99. The van der Waals surface area contributed by atoms with Gasteiger partial charge in [0, 0.05) is 12.5 Å². The molecule has 0 saturated carbocycles. The van der Waals surface area contributed by atoms with Gasteiger partial charge in [0.2, 0.25) is 5.91 Å². The van der Waals surface area contributed by atoms with Gasteiger partial charge in [0.25, 0.3) is 0 Å². The van der Waals surface area contributed by atoms with Gasteiger partial charge in [0.15, 0.2) is 12.6 Å². The fourth-order valence-electron chi connectivity index (χ4n) is 4.91. The molecule has 0 radical (unpaired) electrons. The first-order valence-electron chi connectivity index (χ1n) is 13.9. The minimum atomic E-state index is -0.876. The molecule has 1 N–H and O–H groups in total. The van der Waals surface area contributed by atoms with E-state index in [-0.39, 0.29) is 37.9 Å². The van der Waals surface area contributed by atoms with Crippen LogP contribution < -0.4 is 5.32 Å². The minimum Gasteiger partial charge on any atom is -0.457 e. The maximum absolute atomic E-state index is 12.7. The zero-order valence-corrected chi connectivity index (χ0v) is 23.4. The molecule has 0 spiro atoms. The zero-order chi connectivity index (χ0) is 29.3. The van der Waals surface area contributed by atoms with E-state index in [1.54, 1.807) is 0 Å². The number of amides is 1. The molecule has 42 heavy (non-hydrogen) atoms. The van der Waals surface area contributed by atoms with Crippen molar-refractivity contribution in [2.45, 2.75) is 57.1 Å². The predicted molar refractivity (Wildman–Crippen MR) is 153 cm³/mol. The van der Waals surface area contributed by atoms with Gasteiger partial charge in [-0.05, 0) is 11.1 Å². The molecule has 0 aromatic heterocycles. The molecule has 2 saturated heterocycles. The summed E-state index contributed by atoms with van der Waals surface area (Å²) in [7, 11) is 0. The highest BCUT2D eigenvalue weighted by atomic mass is 16.7. The second-order valence-corrected chi connectivity index (χ2v) is 10.2. The third kappa shape index (κ3) is 7.70. The van der Waals surface area contributed by atoms with Crippen LogP contribution in [0.25, 0.3) is 0 Å². The van der Waals surface area contributed by atoms with Crippen LogP contribution in [0.5, 0.6) is 0 Å². The quantitative estimate of drug-likeness (QED) is 0.269. The molecule has 2 fully saturated rings. The number of carbonyl (C=O) groups excluding carboxylic acids is 2. The summed E-state index contributed by atoms with van der Waals surface area (Å²) in [5, 5.41) is 2.92. The first kappa shape index (κ1) is 29.6. The Labute approximate surface area is 245 Å². The first-order valence-corrected chi connectivity index (χ1v) is 13.9. The Bertz CT molecular complexity index is 1320. The molecule has 3 aromatic rings. The van der Waals surface area contributed by atoms with Crippen LogP contribution in [0.1, 0.15) is 29.9 Å². The van der Waals surface area contributed by atoms with E-state index in [9.17, 15) is 9.59 Å². The summed E-state index contributed by atoms with van der Waals surface area (Å²) in [4.78, 5) is 25.1. The summed E-state index contributed by atoms with van der Waals surface area (Å²) in [5.41, 5.74) is 2.77. The van der Waals surface area contributed by atoms with E-state index < -0.39 is 42.9 Å². The van der Waals surface area contributed by atoms with E-state index in [0.717, 1.165) is 16.7 Å². The zero-order valence-electron chi connectivity index (χ0n) is 23.4. The number of rotatable bonds is 11. The summed E-state index contributed by atoms with van der Waals surface area (Å²) in [6.45, 7) is 5.72. The van der Waals surface area contributed by atoms with Crippen molar-refractivity contribution in [2.75, 3.05) is 13.2 Å². The van der Waals surface area contributed by atoms with Crippen LogP contribution in [0.15, 0.2) is 103 Å². The maximum Gasteiger partial charge on any atom is 0.336 e. The molecule has 220 valence electrons.